The Morgan fingerprint density at radius 3 is 1.00 bits per heavy atom. The van der Waals surface area contributed by atoms with E-state index in [2.05, 4.69) is 22.4 Å². The summed E-state index contributed by atoms with van der Waals surface area (Å²) in [6, 6.07) is 0. The van der Waals surface area contributed by atoms with E-state index >= 15 is 0 Å². The van der Waals surface area contributed by atoms with E-state index in [1.54, 1.807) is 0 Å². The van der Waals surface area contributed by atoms with E-state index in [1.807, 2.05) is 0 Å². The Balaban J connectivity index is -0.0000000800. The third kappa shape index (κ3) is 65.4. The van der Waals surface area contributed by atoms with E-state index < -0.39 is 7.71 Å². The Morgan fingerprint density at radius 2 is 1.00 bits per heavy atom. The van der Waals surface area contributed by atoms with Crippen molar-refractivity contribution in [2.75, 3.05) is 0 Å². The van der Waals surface area contributed by atoms with Crippen LogP contribution in [0.5, 0.6) is 0 Å². The van der Waals surface area contributed by atoms with Crippen LogP contribution in [0, 0.1) is 0 Å². The Hall–Kier alpha value is 2.19. The molecule has 0 amide bonds. The van der Waals surface area contributed by atoms with Gasteiger partial charge in [0, 0.05) is 0 Å². The SMILES string of the molecule is [Au+].[Au+].[O-]S([O-])(=S)=S. The van der Waals surface area contributed by atoms with Gasteiger partial charge in [0.2, 0.25) is 0 Å². The summed E-state index contributed by atoms with van der Waals surface area (Å²) in [6.45, 7) is 0. The van der Waals surface area contributed by atoms with Crippen molar-refractivity contribution in [1.29, 1.82) is 0 Å². The van der Waals surface area contributed by atoms with E-state index in [1.165, 1.54) is 0 Å². The van der Waals surface area contributed by atoms with Crippen molar-refractivity contribution < 1.29 is 53.9 Å². The normalized spacial score (nSPS) is 8.29. The Kier molecular flexibility index (Phi) is 14.5. The summed E-state index contributed by atoms with van der Waals surface area (Å²) in [5.41, 5.74) is 0. The molecule has 0 aromatic carbocycles. The summed E-state index contributed by atoms with van der Waals surface area (Å²) in [5.74, 6) is 0. The van der Waals surface area contributed by atoms with Crippen molar-refractivity contribution in [2.45, 2.75) is 0 Å². The first kappa shape index (κ1) is 16.1. The van der Waals surface area contributed by atoms with Gasteiger partial charge in [0.25, 0.3) is 0 Å². The van der Waals surface area contributed by atoms with Crippen molar-refractivity contribution in [3.63, 3.8) is 0 Å². The van der Waals surface area contributed by atoms with Gasteiger partial charge < -0.3 is 9.11 Å². The van der Waals surface area contributed by atoms with Crippen LogP contribution in [0.3, 0.4) is 0 Å². The monoisotopic (exact) mass is 522 g/mol. The Labute approximate surface area is 82.9 Å². The first-order valence-electron chi connectivity index (χ1n) is 0.667. The average molecular weight is 522 g/mol. The van der Waals surface area contributed by atoms with E-state index in [0.717, 1.165) is 0 Å². The third-order valence-electron chi connectivity index (χ3n) is 0. The van der Waals surface area contributed by atoms with Gasteiger partial charge in [-0.05, 0) is 0 Å². The van der Waals surface area contributed by atoms with Crippen molar-refractivity contribution in [3.05, 3.63) is 0 Å². The first-order chi connectivity index (χ1) is 2.00. The van der Waals surface area contributed by atoms with Crippen LogP contribution in [0.4, 0.5) is 0 Å². The third-order valence-corrected chi connectivity index (χ3v) is 0. The maximum absolute atomic E-state index is 9.26. The van der Waals surface area contributed by atoms with Crippen LogP contribution >= 0.6 is 0 Å². The summed E-state index contributed by atoms with van der Waals surface area (Å²) in [6.07, 6.45) is 0. The number of hydrogen-bond donors (Lipinski definition) is 0. The molecule has 0 aromatic heterocycles. The van der Waals surface area contributed by atoms with Crippen molar-refractivity contribution in [1.82, 2.24) is 0 Å². The predicted molar refractivity (Wildman–Crippen MR) is 23.6 cm³/mol. The predicted octanol–water partition coefficient (Wildman–Crippen LogP) is -0.680. The van der Waals surface area contributed by atoms with Crippen LogP contribution in [0.15, 0.2) is 0 Å². The maximum Gasteiger partial charge on any atom is 1.00 e. The molecular formula is Au2O2S3. The molecule has 0 aromatic rings. The van der Waals surface area contributed by atoms with Crippen molar-refractivity contribution in [2.24, 2.45) is 0 Å². The largest absolute Gasteiger partial charge is 1.00 e. The summed E-state index contributed by atoms with van der Waals surface area (Å²) >= 11 is 7.23. The van der Waals surface area contributed by atoms with Gasteiger partial charge in [0.15, 0.2) is 0 Å². The topological polar surface area (TPSA) is 46.1 Å². The molecule has 0 bridgehead atoms. The quantitative estimate of drug-likeness (QED) is 0.396. The maximum atomic E-state index is 9.26. The minimum atomic E-state index is -3.50. The molecule has 52 valence electrons. The van der Waals surface area contributed by atoms with E-state index in [0.29, 0.717) is 0 Å². The van der Waals surface area contributed by atoms with Gasteiger partial charge in [-0.25, -0.2) is 7.71 Å². The Morgan fingerprint density at radius 1 is 1.00 bits per heavy atom. The van der Waals surface area contributed by atoms with Crippen LogP contribution in [-0.2, 0) is 74.8 Å². The zero-order valence-electron chi connectivity index (χ0n) is 2.64. The van der Waals surface area contributed by atoms with Crippen molar-refractivity contribution in [3.8, 4) is 0 Å². The molecule has 0 rings (SSSR count). The molecule has 0 saturated heterocycles. The molecule has 0 fully saturated rings. The van der Waals surface area contributed by atoms with Gasteiger partial charge in [0.1, 0.15) is 0 Å². The van der Waals surface area contributed by atoms with Gasteiger partial charge in [-0.3, -0.25) is 0 Å². The smallest absolute Gasteiger partial charge is 0.801 e. The second-order valence-corrected chi connectivity index (χ2v) is 4.49. The van der Waals surface area contributed by atoms with Gasteiger partial charge in [-0.1, -0.05) is 22.4 Å². The molecule has 0 radical (unpaired) electrons. The molecule has 7 heavy (non-hydrogen) atoms. The second-order valence-electron chi connectivity index (χ2n) is 0.408. The molecule has 0 aliphatic heterocycles. The van der Waals surface area contributed by atoms with Gasteiger partial charge in [0.05, 0.1) is 0 Å². The fourth-order valence-electron chi connectivity index (χ4n) is 0. The second kappa shape index (κ2) is 6.31. The van der Waals surface area contributed by atoms with Crippen LogP contribution in [0.1, 0.15) is 0 Å². The molecule has 0 spiro atoms. The van der Waals surface area contributed by atoms with E-state index in [4.69, 9.17) is 0 Å². The number of hydrogen-bond acceptors (Lipinski definition) is 4. The molecule has 0 N–H and O–H groups in total. The summed E-state index contributed by atoms with van der Waals surface area (Å²) in [4.78, 5) is 0. The van der Waals surface area contributed by atoms with Crippen LogP contribution in [0.25, 0.3) is 0 Å². The molecule has 0 saturated carbocycles. The zero-order chi connectivity index (χ0) is 4.50. The fourth-order valence-corrected chi connectivity index (χ4v) is 0. The van der Waals surface area contributed by atoms with Gasteiger partial charge in [-0.15, -0.1) is 0 Å². The molecule has 0 aliphatic rings. The average Bonchev–Trinajstić information content (AvgIpc) is 0.722. The minimum Gasteiger partial charge on any atom is -0.801 e. The van der Waals surface area contributed by atoms with Crippen molar-refractivity contribution >= 4 is 30.1 Å². The van der Waals surface area contributed by atoms with E-state index in [-0.39, 0.29) is 44.8 Å². The van der Waals surface area contributed by atoms with Gasteiger partial charge in [-0.2, -0.15) is 0 Å². The summed E-state index contributed by atoms with van der Waals surface area (Å²) in [5, 5.41) is 0. The molecule has 0 atom stereocenters. The minimum absolute atomic E-state index is 0. The summed E-state index contributed by atoms with van der Waals surface area (Å²) < 4.78 is 18.5. The molecular weight excluding hydrogens is 522 g/mol. The molecule has 2 nitrogen and oxygen atoms in total. The molecule has 0 aliphatic carbocycles. The standard InChI is InChI=1S/2Au.H2O2S3/c;;1-5(2,3)4/h;;(H2,1,2,3,4)/q2*+1;/p-2. The summed E-state index contributed by atoms with van der Waals surface area (Å²) in [7, 11) is -3.50. The van der Waals surface area contributed by atoms with Crippen LogP contribution < -0.4 is 0 Å². The van der Waals surface area contributed by atoms with E-state index in [9.17, 15) is 9.11 Å². The van der Waals surface area contributed by atoms with Gasteiger partial charge >= 0.3 is 44.8 Å². The Bertz CT molecular complexity index is 94.1. The van der Waals surface area contributed by atoms with Crippen LogP contribution in [0.2, 0.25) is 0 Å². The number of rotatable bonds is 0. The molecule has 0 heterocycles. The zero-order valence-corrected chi connectivity index (χ0v) is 9.43. The fraction of sp³-hybridized carbons (Fsp3) is 0. The van der Waals surface area contributed by atoms with Crippen LogP contribution in [-0.4, -0.2) is 9.11 Å². The molecule has 0 unspecified atom stereocenters. The first-order valence-corrected chi connectivity index (χ1v) is 4.00. The molecule has 7 heteroatoms.